The number of β-amino-alcohol motifs (C(OH)–C–C–N with tert-alkyl or cyclic N) is 1. The van der Waals surface area contributed by atoms with E-state index in [0.29, 0.717) is 18.4 Å². The molecule has 1 saturated heterocycles. The van der Waals surface area contributed by atoms with Crippen LogP contribution in [0.25, 0.3) is 0 Å². The fourth-order valence-corrected chi connectivity index (χ4v) is 3.87. The third-order valence-corrected chi connectivity index (χ3v) is 5.54. The maximum Gasteiger partial charge on any atom is 0.133 e. The Morgan fingerprint density at radius 3 is 2.67 bits per heavy atom. The third-order valence-electron chi connectivity index (χ3n) is 5.54. The summed E-state index contributed by atoms with van der Waals surface area (Å²) in [4.78, 5) is 4.79. The van der Waals surface area contributed by atoms with Gasteiger partial charge in [0.15, 0.2) is 0 Å². The van der Waals surface area contributed by atoms with E-state index in [0.717, 1.165) is 45.2 Å². The Morgan fingerprint density at radius 1 is 1.21 bits per heavy atom. The molecule has 0 amide bonds. The summed E-state index contributed by atoms with van der Waals surface area (Å²) in [5, 5.41) is 10.2. The van der Waals surface area contributed by atoms with Gasteiger partial charge in [-0.05, 0) is 30.9 Å². The average molecular weight is 336 g/mol. The monoisotopic (exact) mass is 336 g/mol. The van der Waals surface area contributed by atoms with Gasteiger partial charge in [0.2, 0.25) is 0 Å². The van der Waals surface area contributed by atoms with Crippen molar-refractivity contribution in [2.45, 2.75) is 44.8 Å². The summed E-state index contributed by atoms with van der Waals surface area (Å²) in [6.07, 6.45) is 6.81. The van der Waals surface area contributed by atoms with Crippen molar-refractivity contribution in [3.05, 3.63) is 24.2 Å². The maximum absolute atomic E-state index is 10.2. The zero-order chi connectivity index (χ0) is 16.8. The number of rotatable bonds is 7. The summed E-state index contributed by atoms with van der Waals surface area (Å²) >= 11 is 0. The molecular weight excluding hydrogens is 304 g/mol. The Balaban J connectivity index is 1.30. The lowest BCUT2D eigenvalue weighted by Gasteiger charge is -2.36. The van der Waals surface area contributed by atoms with Gasteiger partial charge < -0.3 is 14.3 Å². The molecule has 1 aliphatic heterocycles. The second kappa shape index (κ2) is 8.99. The van der Waals surface area contributed by atoms with Gasteiger partial charge in [-0.1, -0.05) is 19.8 Å². The van der Waals surface area contributed by atoms with Crippen molar-refractivity contribution in [2.24, 2.45) is 5.92 Å². The molecule has 136 valence electrons. The summed E-state index contributed by atoms with van der Waals surface area (Å²) in [7, 11) is 0. The van der Waals surface area contributed by atoms with Crippen LogP contribution in [0.15, 0.2) is 22.8 Å². The molecule has 5 nitrogen and oxygen atoms in total. The normalized spacial score (nSPS) is 28.1. The van der Waals surface area contributed by atoms with Crippen molar-refractivity contribution >= 4 is 0 Å². The van der Waals surface area contributed by atoms with Crippen LogP contribution < -0.4 is 0 Å². The largest absolute Gasteiger partial charge is 0.467 e. The summed E-state index contributed by atoms with van der Waals surface area (Å²) in [5.41, 5.74) is 0. The Morgan fingerprint density at radius 2 is 1.96 bits per heavy atom. The van der Waals surface area contributed by atoms with Gasteiger partial charge in [-0.15, -0.1) is 0 Å². The number of nitrogens with zero attached hydrogens (tertiary/aromatic N) is 2. The summed E-state index contributed by atoms with van der Waals surface area (Å²) in [5.74, 6) is 1.38. The summed E-state index contributed by atoms with van der Waals surface area (Å²) in [6, 6.07) is 3.66. The number of hydrogen-bond acceptors (Lipinski definition) is 5. The van der Waals surface area contributed by atoms with E-state index in [4.69, 9.17) is 9.15 Å². The van der Waals surface area contributed by atoms with Crippen LogP contribution >= 0.6 is 0 Å². The Kier molecular flexibility index (Phi) is 6.72. The van der Waals surface area contributed by atoms with E-state index in [-0.39, 0.29) is 0 Å². The molecule has 0 unspecified atom stereocenters. The van der Waals surface area contributed by atoms with Gasteiger partial charge in [0.1, 0.15) is 11.9 Å². The van der Waals surface area contributed by atoms with E-state index in [9.17, 15) is 5.11 Å². The van der Waals surface area contributed by atoms with Gasteiger partial charge in [-0.25, -0.2) is 0 Å². The van der Waals surface area contributed by atoms with E-state index in [1.54, 1.807) is 6.26 Å². The zero-order valence-corrected chi connectivity index (χ0v) is 14.9. The Bertz CT molecular complexity index is 457. The number of piperazine rings is 1. The van der Waals surface area contributed by atoms with Gasteiger partial charge >= 0.3 is 0 Å². The van der Waals surface area contributed by atoms with Crippen molar-refractivity contribution in [1.82, 2.24) is 9.80 Å². The molecule has 1 aromatic rings. The molecule has 1 aromatic heterocycles. The van der Waals surface area contributed by atoms with Crippen molar-refractivity contribution in [1.29, 1.82) is 0 Å². The highest BCUT2D eigenvalue weighted by molar-refractivity contribution is 5.02. The van der Waals surface area contributed by atoms with E-state index in [2.05, 4.69) is 16.7 Å². The number of furan rings is 1. The summed E-state index contributed by atoms with van der Waals surface area (Å²) < 4.78 is 11.4. The van der Waals surface area contributed by atoms with Crippen LogP contribution in [-0.2, 0) is 4.74 Å². The lowest BCUT2D eigenvalue weighted by atomic mass is 9.88. The van der Waals surface area contributed by atoms with Gasteiger partial charge in [-0.3, -0.25) is 9.80 Å². The topological polar surface area (TPSA) is 49.1 Å². The van der Waals surface area contributed by atoms with Gasteiger partial charge in [0, 0.05) is 39.3 Å². The van der Waals surface area contributed by atoms with Crippen LogP contribution in [-0.4, -0.2) is 66.9 Å². The third kappa shape index (κ3) is 5.06. The number of aliphatic hydroxyl groups excluding tert-OH is 1. The Hall–Kier alpha value is -0.880. The molecule has 1 aliphatic carbocycles. The minimum absolute atomic E-state index is 0.475. The molecule has 5 heteroatoms. The number of hydrogen-bond donors (Lipinski definition) is 1. The highest BCUT2D eigenvalue weighted by Gasteiger charge is 2.23. The second-order valence-corrected chi connectivity index (χ2v) is 7.34. The van der Waals surface area contributed by atoms with Crippen molar-refractivity contribution in [2.75, 3.05) is 45.9 Å². The molecule has 2 aliphatic rings. The van der Waals surface area contributed by atoms with E-state index >= 15 is 0 Å². The molecule has 0 radical (unpaired) electrons. The van der Waals surface area contributed by atoms with Crippen LogP contribution in [0.1, 0.15) is 44.5 Å². The highest BCUT2D eigenvalue weighted by atomic mass is 16.5. The SMILES string of the molecule is C[C@@H]1CCCC[C@H]1OCCN1CCN(C[C@H](O)c2ccco2)CC1. The molecule has 1 saturated carbocycles. The van der Waals surface area contributed by atoms with Crippen molar-refractivity contribution < 1.29 is 14.3 Å². The number of aliphatic hydroxyl groups is 1. The highest BCUT2D eigenvalue weighted by Crippen LogP contribution is 2.26. The van der Waals surface area contributed by atoms with Crippen LogP contribution in [0.4, 0.5) is 0 Å². The number of ether oxygens (including phenoxy) is 1. The molecule has 2 heterocycles. The summed E-state index contributed by atoms with van der Waals surface area (Å²) in [6.45, 7) is 8.95. The second-order valence-electron chi connectivity index (χ2n) is 7.34. The van der Waals surface area contributed by atoms with Crippen LogP contribution in [0, 0.1) is 5.92 Å². The van der Waals surface area contributed by atoms with Crippen molar-refractivity contribution in [3.63, 3.8) is 0 Å². The predicted molar refractivity (Wildman–Crippen MR) is 93.9 cm³/mol. The zero-order valence-electron chi connectivity index (χ0n) is 14.9. The molecule has 24 heavy (non-hydrogen) atoms. The lowest BCUT2D eigenvalue weighted by Crippen LogP contribution is -2.48. The van der Waals surface area contributed by atoms with Gasteiger partial charge in [-0.2, -0.15) is 0 Å². The standard InChI is InChI=1S/C19H32N2O3/c1-16-5-2-3-6-18(16)24-14-12-20-8-10-21(11-9-20)15-17(22)19-7-4-13-23-19/h4,7,13,16-18,22H,2-3,5-6,8-12,14-15H2,1H3/t16-,17+,18-/m1/s1. The molecule has 1 N–H and O–H groups in total. The van der Waals surface area contributed by atoms with Crippen LogP contribution in [0.3, 0.4) is 0 Å². The smallest absolute Gasteiger partial charge is 0.133 e. The molecular formula is C19H32N2O3. The predicted octanol–water partition coefficient (Wildman–Crippen LogP) is 2.53. The van der Waals surface area contributed by atoms with Crippen LogP contribution in [0.5, 0.6) is 0 Å². The molecule has 0 aromatic carbocycles. The van der Waals surface area contributed by atoms with Gasteiger partial charge in [0.05, 0.1) is 19.0 Å². The van der Waals surface area contributed by atoms with E-state index in [1.807, 2.05) is 12.1 Å². The fraction of sp³-hybridized carbons (Fsp3) is 0.789. The molecule has 3 rings (SSSR count). The average Bonchev–Trinajstić information content (AvgIpc) is 3.13. The lowest BCUT2D eigenvalue weighted by molar-refractivity contribution is -0.0197. The molecule has 2 fully saturated rings. The fourth-order valence-electron chi connectivity index (χ4n) is 3.87. The van der Waals surface area contributed by atoms with Gasteiger partial charge in [0.25, 0.3) is 0 Å². The first kappa shape index (κ1) is 17.9. The van der Waals surface area contributed by atoms with Crippen LogP contribution in [0.2, 0.25) is 0 Å². The molecule has 0 spiro atoms. The van der Waals surface area contributed by atoms with E-state index in [1.165, 1.54) is 25.7 Å². The molecule has 0 bridgehead atoms. The maximum atomic E-state index is 10.2. The first-order valence-corrected chi connectivity index (χ1v) is 9.50. The quantitative estimate of drug-likeness (QED) is 0.829. The Labute approximate surface area is 145 Å². The first-order chi connectivity index (χ1) is 11.7. The van der Waals surface area contributed by atoms with E-state index < -0.39 is 6.10 Å². The molecule has 3 atom stereocenters. The first-order valence-electron chi connectivity index (χ1n) is 9.50. The minimum Gasteiger partial charge on any atom is -0.467 e. The minimum atomic E-state index is -0.525. The van der Waals surface area contributed by atoms with Crippen molar-refractivity contribution in [3.8, 4) is 0 Å².